The molecule has 2 aromatic rings. The monoisotopic (exact) mass is 400 g/mol. The summed E-state index contributed by atoms with van der Waals surface area (Å²) in [5.74, 6) is -0.0479. The topological polar surface area (TPSA) is 97.1 Å². The highest BCUT2D eigenvalue weighted by Gasteiger charge is 2.61. The van der Waals surface area contributed by atoms with Gasteiger partial charge in [-0.25, -0.2) is 14.5 Å². The number of rotatable bonds is 4. The molecule has 4 fully saturated rings. The zero-order valence-electron chi connectivity index (χ0n) is 15.3. The molecular formula is C20H21ClN4O3. The van der Waals surface area contributed by atoms with E-state index in [1.165, 1.54) is 12.1 Å². The molecule has 4 aliphatic carbocycles. The first kappa shape index (κ1) is 17.7. The minimum Gasteiger partial charge on any atom is -0.478 e. The molecule has 0 saturated heterocycles. The third-order valence-electron chi connectivity index (χ3n) is 6.83. The second kappa shape index (κ2) is 6.04. The maximum Gasteiger partial charge on any atom is 0.335 e. The van der Waals surface area contributed by atoms with Crippen LogP contribution in [0.4, 0.5) is 5.69 Å². The number of carbonyl (C=O) groups excluding carboxylic acids is 1. The van der Waals surface area contributed by atoms with Gasteiger partial charge in [0.2, 0.25) is 11.2 Å². The fraction of sp³-hybridized carbons (Fsp3) is 0.500. The Balaban J connectivity index is 1.45. The van der Waals surface area contributed by atoms with E-state index < -0.39 is 11.4 Å². The molecule has 1 amide bonds. The molecule has 4 saturated carbocycles. The molecule has 0 spiro atoms. The first-order valence-electron chi connectivity index (χ1n) is 9.60. The normalized spacial score (nSPS) is 33.0. The summed E-state index contributed by atoms with van der Waals surface area (Å²) < 4.78 is 1.89. The van der Waals surface area contributed by atoms with E-state index in [0.29, 0.717) is 17.5 Å². The number of halogens is 1. The number of nitrogens with zero attached hydrogens (tertiary/aromatic N) is 3. The van der Waals surface area contributed by atoms with Crippen LogP contribution in [0.3, 0.4) is 0 Å². The van der Waals surface area contributed by atoms with Gasteiger partial charge in [0.15, 0.2) is 0 Å². The third-order valence-corrected chi connectivity index (χ3v) is 7.00. The van der Waals surface area contributed by atoms with Crippen LogP contribution in [0.25, 0.3) is 0 Å². The molecule has 7 nitrogen and oxygen atoms in total. The summed E-state index contributed by atoms with van der Waals surface area (Å²) in [4.78, 5) is 28.7. The number of anilines is 1. The average Bonchev–Trinajstić information content (AvgIpc) is 3.08. The summed E-state index contributed by atoms with van der Waals surface area (Å²) in [5, 5.41) is 16.8. The third kappa shape index (κ3) is 2.71. The highest BCUT2D eigenvalue weighted by molar-refractivity contribution is 6.28. The van der Waals surface area contributed by atoms with E-state index in [1.54, 1.807) is 18.5 Å². The summed E-state index contributed by atoms with van der Waals surface area (Å²) in [6, 6.07) is 6.41. The van der Waals surface area contributed by atoms with E-state index in [9.17, 15) is 14.7 Å². The summed E-state index contributed by atoms with van der Waals surface area (Å²) in [5.41, 5.74) is 0.0298. The lowest BCUT2D eigenvalue weighted by atomic mass is 9.46. The fourth-order valence-corrected chi connectivity index (χ4v) is 6.34. The van der Waals surface area contributed by atoms with Crippen molar-refractivity contribution < 1.29 is 14.7 Å². The first-order chi connectivity index (χ1) is 13.4. The Morgan fingerprint density at radius 2 is 1.96 bits per heavy atom. The number of benzene rings is 1. The van der Waals surface area contributed by atoms with Crippen LogP contribution in [0.15, 0.2) is 30.6 Å². The molecule has 1 aromatic heterocycles. The van der Waals surface area contributed by atoms with E-state index in [4.69, 9.17) is 11.6 Å². The van der Waals surface area contributed by atoms with Gasteiger partial charge in [-0.3, -0.25) is 4.79 Å². The van der Waals surface area contributed by atoms with Crippen LogP contribution in [-0.4, -0.2) is 31.7 Å². The number of carboxylic acid groups (broad SMARTS) is 1. The standard InChI is InChI=1S/C20H21ClN4O3/c21-18-22-11-25(24-18)20-8-12-4-13(9-20)7-19(6-12,10-20)17(28)23-15-3-1-2-14(5-15)16(26)27/h1-3,5,11-13H,4,6-10H2,(H,23,28)(H,26,27)/t12-,13-,19?,20?/m0/s1. The van der Waals surface area contributed by atoms with Crippen molar-refractivity contribution in [2.24, 2.45) is 17.3 Å². The van der Waals surface area contributed by atoms with Gasteiger partial charge in [0.1, 0.15) is 6.33 Å². The van der Waals surface area contributed by atoms with E-state index >= 15 is 0 Å². The number of carboxylic acids is 1. The van der Waals surface area contributed by atoms with Gasteiger partial charge < -0.3 is 10.4 Å². The van der Waals surface area contributed by atoms with Crippen LogP contribution < -0.4 is 5.32 Å². The van der Waals surface area contributed by atoms with Gasteiger partial charge >= 0.3 is 5.97 Å². The van der Waals surface area contributed by atoms with Crippen LogP contribution in [0.2, 0.25) is 5.28 Å². The second-order valence-electron chi connectivity index (χ2n) is 8.76. The quantitative estimate of drug-likeness (QED) is 0.817. The molecule has 6 rings (SSSR count). The van der Waals surface area contributed by atoms with Crippen LogP contribution in [0.1, 0.15) is 48.9 Å². The van der Waals surface area contributed by atoms with E-state index in [1.807, 2.05) is 4.68 Å². The van der Waals surface area contributed by atoms with Crippen LogP contribution in [-0.2, 0) is 10.3 Å². The predicted molar refractivity (Wildman–Crippen MR) is 102 cm³/mol. The van der Waals surface area contributed by atoms with Gasteiger partial charge in [-0.2, -0.15) is 0 Å². The van der Waals surface area contributed by atoms with Crippen LogP contribution in [0, 0.1) is 17.3 Å². The minimum atomic E-state index is -1.01. The Hall–Kier alpha value is -2.41. The summed E-state index contributed by atoms with van der Waals surface area (Å²) in [6.45, 7) is 0. The van der Waals surface area contributed by atoms with Crippen molar-refractivity contribution in [2.75, 3.05) is 5.32 Å². The van der Waals surface area contributed by atoms with Crippen molar-refractivity contribution in [3.05, 3.63) is 41.4 Å². The predicted octanol–water partition coefficient (Wildman–Crippen LogP) is 3.56. The number of carbonyl (C=O) groups is 2. The Bertz CT molecular complexity index is 958. The number of aromatic carboxylic acids is 1. The van der Waals surface area contributed by atoms with Crippen molar-refractivity contribution in [2.45, 2.75) is 44.1 Å². The van der Waals surface area contributed by atoms with Crippen LogP contribution >= 0.6 is 11.6 Å². The number of nitrogens with one attached hydrogen (secondary N) is 1. The molecule has 1 aromatic carbocycles. The zero-order valence-corrected chi connectivity index (χ0v) is 16.0. The summed E-state index contributed by atoms with van der Waals surface area (Å²) in [6.07, 6.45) is 7.33. The molecule has 8 heteroatoms. The lowest BCUT2D eigenvalue weighted by Crippen LogP contribution is -2.60. The number of hydrogen-bond donors (Lipinski definition) is 2. The average molecular weight is 401 g/mol. The highest BCUT2D eigenvalue weighted by Crippen LogP contribution is 2.64. The van der Waals surface area contributed by atoms with Gasteiger partial charge in [0, 0.05) is 5.69 Å². The molecule has 146 valence electrons. The smallest absolute Gasteiger partial charge is 0.335 e. The van der Waals surface area contributed by atoms with Gasteiger partial charge in [0.05, 0.1) is 16.5 Å². The van der Waals surface area contributed by atoms with Crippen molar-refractivity contribution in [1.29, 1.82) is 0 Å². The molecule has 28 heavy (non-hydrogen) atoms. The second-order valence-corrected chi connectivity index (χ2v) is 9.10. The molecule has 4 bridgehead atoms. The first-order valence-corrected chi connectivity index (χ1v) is 9.98. The lowest BCUT2D eigenvalue weighted by molar-refractivity contribution is -0.150. The summed E-state index contributed by atoms with van der Waals surface area (Å²) in [7, 11) is 0. The molecule has 2 N–H and O–H groups in total. The number of hydrogen-bond acceptors (Lipinski definition) is 4. The minimum absolute atomic E-state index is 0.0141. The summed E-state index contributed by atoms with van der Waals surface area (Å²) >= 11 is 5.98. The molecule has 4 aliphatic rings. The van der Waals surface area contributed by atoms with Crippen molar-refractivity contribution >= 4 is 29.2 Å². The van der Waals surface area contributed by atoms with Gasteiger partial charge in [0.25, 0.3) is 0 Å². The maximum absolute atomic E-state index is 13.4. The lowest BCUT2D eigenvalue weighted by Gasteiger charge is -2.60. The highest BCUT2D eigenvalue weighted by atomic mass is 35.5. The van der Waals surface area contributed by atoms with E-state index in [2.05, 4.69) is 15.4 Å². The van der Waals surface area contributed by atoms with Crippen LogP contribution in [0.5, 0.6) is 0 Å². The molecule has 0 aliphatic heterocycles. The fourth-order valence-electron chi connectivity index (χ4n) is 6.21. The molecular weight excluding hydrogens is 380 g/mol. The molecule has 1 heterocycles. The zero-order chi connectivity index (χ0) is 19.5. The Morgan fingerprint density at radius 1 is 1.21 bits per heavy atom. The Labute approximate surface area is 167 Å². The van der Waals surface area contributed by atoms with Gasteiger partial charge in [-0.1, -0.05) is 6.07 Å². The van der Waals surface area contributed by atoms with E-state index in [-0.39, 0.29) is 22.3 Å². The maximum atomic E-state index is 13.4. The molecule has 0 radical (unpaired) electrons. The SMILES string of the molecule is O=C(O)c1cccc(NC(=O)C23C[C@@H]4C[C@@H](C2)CC(n2cnc(Cl)n2)(C4)C3)c1. The Morgan fingerprint density at radius 3 is 2.61 bits per heavy atom. The van der Waals surface area contributed by atoms with E-state index in [0.717, 1.165) is 38.5 Å². The van der Waals surface area contributed by atoms with Crippen molar-refractivity contribution in [1.82, 2.24) is 14.8 Å². The van der Waals surface area contributed by atoms with Crippen molar-refractivity contribution in [3.63, 3.8) is 0 Å². The molecule has 2 atom stereocenters. The molecule has 0 unspecified atom stereocenters. The number of aromatic nitrogens is 3. The Kier molecular flexibility index (Phi) is 3.81. The van der Waals surface area contributed by atoms with Gasteiger partial charge in [-0.15, -0.1) is 5.10 Å². The number of amides is 1. The van der Waals surface area contributed by atoms with Crippen molar-refractivity contribution in [3.8, 4) is 0 Å². The van der Waals surface area contributed by atoms with Gasteiger partial charge in [-0.05, 0) is 80.2 Å². The largest absolute Gasteiger partial charge is 0.478 e.